The van der Waals surface area contributed by atoms with Gasteiger partial charge in [0.2, 0.25) is 0 Å². The molecule has 0 radical (unpaired) electrons. The van der Waals surface area contributed by atoms with Crippen LogP contribution in [0.2, 0.25) is 5.02 Å². The zero-order valence-electron chi connectivity index (χ0n) is 10.0. The van der Waals surface area contributed by atoms with Crippen LogP contribution in [-0.4, -0.2) is 6.04 Å². The van der Waals surface area contributed by atoms with Crippen LogP contribution in [0.25, 0.3) is 0 Å². The van der Waals surface area contributed by atoms with Crippen LogP contribution in [0.1, 0.15) is 44.7 Å². The predicted molar refractivity (Wildman–Crippen MR) is 69.8 cm³/mol. The maximum atomic E-state index is 6.20. The third kappa shape index (κ3) is 2.78. The highest BCUT2D eigenvalue weighted by molar-refractivity contribution is 6.31. The van der Waals surface area contributed by atoms with Crippen LogP contribution in [-0.2, 0) is 0 Å². The topological polar surface area (TPSA) is 12.0 Å². The van der Waals surface area contributed by atoms with Crippen LogP contribution < -0.4 is 5.32 Å². The summed E-state index contributed by atoms with van der Waals surface area (Å²) in [4.78, 5) is 0. The Morgan fingerprint density at radius 3 is 2.62 bits per heavy atom. The molecule has 88 valence electrons. The Labute approximate surface area is 103 Å². The van der Waals surface area contributed by atoms with Crippen LogP contribution in [0.4, 0.5) is 0 Å². The molecule has 1 aromatic rings. The van der Waals surface area contributed by atoms with Gasteiger partial charge in [-0.1, -0.05) is 36.7 Å². The van der Waals surface area contributed by atoms with Gasteiger partial charge in [0, 0.05) is 17.1 Å². The van der Waals surface area contributed by atoms with Crippen molar-refractivity contribution in [1.82, 2.24) is 5.32 Å². The largest absolute Gasteiger partial charge is 0.307 e. The molecule has 1 N–H and O–H groups in total. The minimum Gasteiger partial charge on any atom is -0.307 e. The van der Waals surface area contributed by atoms with Gasteiger partial charge in [-0.15, -0.1) is 0 Å². The third-order valence-electron chi connectivity index (χ3n) is 3.47. The van der Waals surface area contributed by atoms with Gasteiger partial charge < -0.3 is 5.32 Å². The van der Waals surface area contributed by atoms with E-state index in [1.54, 1.807) is 0 Å². The lowest BCUT2D eigenvalue weighted by Crippen LogP contribution is -2.32. The Bertz CT molecular complexity index is 346. The molecule has 1 aliphatic rings. The van der Waals surface area contributed by atoms with Gasteiger partial charge in [0.25, 0.3) is 0 Å². The molecule has 0 bridgehead atoms. The van der Waals surface area contributed by atoms with Crippen molar-refractivity contribution in [3.8, 4) is 0 Å². The van der Waals surface area contributed by atoms with Crippen molar-refractivity contribution in [2.45, 2.75) is 45.2 Å². The molecule has 2 atom stereocenters. The van der Waals surface area contributed by atoms with Gasteiger partial charge in [0.1, 0.15) is 0 Å². The molecule has 1 fully saturated rings. The van der Waals surface area contributed by atoms with E-state index in [1.807, 2.05) is 12.1 Å². The molecule has 2 rings (SSSR count). The molecule has 0 heterocycles. The zero-order valence-corrected chi connectivity index (χ0v) is 10.8. The van der Waals surface area contributed by atoms with E-state index in [0.29, 0.717) is 12.1 Å². The smallest absolute Gasteiger partial charge is 0.0453 e. The van der Waals surface area contributed by atoms with Crippen molar-refractivity contribution >= 4 is 11.6 Å². The van der Waals surface area contributed by atoms with Crippen molar-refractivity contribution in [1.29, 1.82) is 0 Å². The summed E-state index contributed by atoms with van der Waals surface area (Å²) >= 11 is 6.20. The first-order chi connectivity index (χ1) is 7.72. The quantitative estimate of drug-likeness (QED) is 0.810. The summed E-state index contributed by atoms with van der Waals surface area (Å²) in [7, 11) is 0. The van der Waals surface area contributed by atoms with E-state index in [0.717, 1.165) is 10.9 Å². The number of halogens is 1. The molecule has 1 unspecified atom stereocenters. The predicted octanol–water partition coefficient (Wildman–Crippen LogP) is 4.18. The van der Waals surface area contributed by atoms with Crippen LogP contribution in [0.3, 0.4) is 0 Å². The number of hydrogen-bond acceptors (Lipinski definition) is 1. The van der Waals surface area contributed by atoms with Crippen molar-refractivity contribution in [2.24, 2.45) is 5.92 Å². The number of rotatable bonds is 5. The first-order valence-corrected chi connectivity index (χ1v) is 6.60. The molecule has 1 aromatic carbocycles. The summed E-state index contributed by atoms with van der Waals surface area (Å²) in [6, 6.07) is 9.12. The summed E-state index contributed by atoms with van der Waals surface area (Å²) in [5, 5.41) is 4.57. The van der Waals surface area contributed by atoms with Crippen LogP contribution in [0.15, 0.2) is 24.3 Å². The summed E-state index contributed by atoms with van der Waals surface area (Å²) < 4.78 is 0. The Morgan fingerprint density at radius 1 is 1.38 bits per heavy atom. The number of benzene rings is 1. The summed E-state index contributed by atoms with van der Waals surface area (Å²) in [5.41, 5.74) is 1.21. The molecule has 16 heavy (non-hydrogen) atoms. The molecule has 2 heteroatoms. The lowest BCUT2D eigenvalue weighted by molar-refractivity contribution is 0.405. The molecular weight excluding hydrogens is 218 g/mol. The van der Waals surface area contributed by atoms with Gasteiger partial charge >= 0.3 is 0 Å². The Hall–Kier alpha value is -0.530. The SMILES string of the molecule is CCC(N[C@H](C)c1ccccc1Cl)C1CC1. The second kappa shape index (κ2) is 5.20. The monoisotopic (exact) mass is 237 g/mol. The molecular formula is C14H20ClN. The van der Waals surface area contributed by atoms with E-state index in [-0.39, 0.29) is 0 Å². The first kappa shape index (κ1) is 11.9. The highest BCUT2D eigenvalue weighted by Crippen LogP contribution is 2.35. The highest BCUT2D eigenvalue weighted by atomic mass is 35.5. The van der Waals surface area contributed by atoms with E-state index >= 15 is 0 Å². The minimum atomic E-state index is 0.347. The van der Waals surface area contributed by atoms with E-state index < -0.39 is 0 Å². The van der Waals surface area contributed by atoms with Gasteiger partial charge in [-0.3, -0.25) is 0 Å². The summed E-state index contributed by atoms with van der Waals surface area (Å²) in [6.07, 6.45) is 3.99. The average molecular weight is 238 g/mol. The van der Waals surface area contributed by atoms with Gasteiger partial charge in [-0.25, -0.2) is 0 Å². The number of hydrogen-bond donors (Lipinski definition) is 1. The van der Waals surface area contributed by atoms with E-state index in [4.69, 9.17) is 11.6 Å². The maximum Gasteiger partial charge on any atom is 0.0453 e. The average Bonchev–Trinajstić information content (AvgIpc) is 3.10. The molecule has 0 aliphatic heterocycles. The summed E-state index contributed by atoms with van der Waals surface area (Å²) in [5.74, 6) is 0.898. The van der Waals surface area contributed by atoms with Crippen LogP contribution >= 0.6 is 11.6 Å². The fourth-order valence-corrected chi connectivity index (χ4v) is 2.62. The highest BCUT2D eigenvalue weighted by Gasteiger charge is 2.30. The number of nitrogens with one attached hydrogen (secondary N) is 1. The van der Waals surface area contributed by atoms with E-state index in [1.165, 1.54) is 24.8 Å². The van der Waals surface area contributed by atoms with Crippen molar-refractivity contribution in [3.05, 3.63) is 34.9 Å². The first-order valence-electron chi connectivity index (χ1n) is 6.22. The van der Waals surface area contributed by atoms with Gasteiger partial charge in [-0.05, 0) is 43.7 Å². The van der Waals surface area contributed by atoms with Crippen LogP contribution in [0, 0.1) is 5.92 Å². The molecule has 1 nitrogen and oxygen atoms in total. The van der Waals surface area contributed by atoms with E-state index in [9.17, 15) is 0 Å². The van der Waals surface area contributed by atoms with Crippen molar-refractivity contribution in [3.63, 3.8) is 0 Å². The van der Waals surface area contributed by atoms with Crippen LogP contribution in [0.5, 0.6) is 0 Å². The maximum absolute atomic E-state index is 6.20. The molecule has 0 saturated heterocycles. The fraction of sp³-hybridized carbons (Fsp3) is 0.571. The second-order valence-electron chi connectivity index (χ2n) is 4.76. The van der Waals surface area contributed by atoms with Gasteiger partial charge in [0.15, 0.2) is 0 Å². The standard InChI is InChI=1S/C14H20ClN/c1-3-14(11-8-9-11)16-10(2)12-6-4-5-7-13(12)15/h4-7,10-11,14,16H,3,8-9H2,1-2H3/t10-,14?/m1/s1. The third-order valence-corrected chi connectivity index (χ3v) is 3.81. The Morgan fingerprint density at radius 2 is 2.06 bits per heavy atom. The van der Waals surface area contributed by atoms with Gasteiger partial charge in [0.05, 0.1) is 0 Å². The lowest BCUT2D eigenvalue weighted by atomic mass is 10.0. The summed E-state index contributed by atoms with van der Waals surface area (Å²) in [6.45, 7) is 4.46. The van der Waals surface area contributed by atoms with Gasteiger partial charge in [-0.2, -0.15) is 0 Å². The minimum absolute atomic E-state index is 0.347. The molecule has 1 saturated carbocycles. The molecule has 0 amide bonds. The van der Waals surface area contributed by atoms with Crippen molar-refractivity contribution < 1.29 is 0 Å². The normalized spacial score (nSPS) is 19.4. The fourth-order valence-electron chi connectivity index (χ4n) is 2.32. The van der Waals surface area contributed by atoms with Crippen molar-refractivity contribution in [2.75, 3.05) is 0 Å². The molecule has 1 aliphatic carbocycles. The molecule has 0 spiro atoms. The Balaban J connectivity index is 2.01. The van der Waals surface area contributed by atoms with E-state index in [2.05, 4.69) is 31.3 Å². The molecule has 0 aromatic heterocycles. The second-order valence-corrected chi connectivity index (χ2v) is 5.17. The Kier molecular flexibility index (Phi) is 3.88. The zero-order chi connectivity index (χ0) is 11.5. The lowest BCUT2D eigenvalue weighted by Gasteiger charge is -2.23.